The second kappa shape index (κ2) is 6.81. The zero-order valence-electron chi connectivity index (χ0n) is 13.1. The van der Waals surface area contributed by atoms with Crippen LogP contribution in [-0.2, 0) is 14.4 Å². The highest BCUT2D eigenvalue weighted by Gasteiger charge is 2.41. The van der Waals surface area contributed by atoms with Crippen LogP contribution >= 0.6 is 24.0 Å². The number of carbonyl (C=O) groups excluding carboxylic acids is 2. The van der Waals surface area contributed by atoms with Crippen LogP contribution in [0.2, 0.25) is 0 Å². The molecule has 0 bridgehead atoms. The van der Waals surface area contributed by atoms with Crippen LogP contribution in [0.1, 0.15) is 12.0 Å². The van der Waals surface area contributed by atoms with E-state index in [1.165, 1.54) is 4.90 Å². The summed E-state index contributed by atoms with van der Waals surface area (Å²) in [5, 5.41) is 8.82. The molecule has 0 radical (unpaired) electrons. The largest absolute Gasteiger partial charge is 0.481 e. The Morgan fingerprint density at radius 1 is 1.24 bits per heavy atom. The van der Waals surface area contributed by atoms with Gasteiger partial charge in [0.15, 0.2) is 0 Å². The lowest BCUT2D eigenvalue weighted by Crippen LogP contribution is -2.31. The van der Waals surface area contributed by atoms with Crippen LogP contribution in [-0.4, -0.2) is 45.2 Å². The van der Waals surface area contributed by atoms with Crippen LogP contribution in [0, 0.1) is 0 Å². The standard InChI is InChI=1S/C17H14N2O4S2/c1-2-8-18-11-6-4-3-5-10(11)13(15(18)22)14-16(23)19(17(24)25-14)9-7-12(20)21/h2-6H,1,7-9H2,(H,20,21)/b14-13-. The molecule has 0 atom stereocenters. The van der Waals surface area contributed by atoms with E-state index in [2.05, 4.69) is 6.58 Å². The highest BCUT2D eigenvalue weighted by molar-refractivity contribution is 8.26. The topological polar surface area (TPSA) is 77.9 Å². The number of aliphatic carboxylic acids is 1. The predicted molar refractivity (Wildman–Crippen MR) is 100 cm³/mol. The first kappa shape index (κ1) is 17.4. The number of hydrogen-bond donors (Lipinski definition) is 1. The van der Waals surface area contributed by atoms with E-state index >= 15 is 0 Å². The SMILES string of the molecule is C=CCN1C(=O)/C(=C2\SC(=S)N(CCC(=O)O)C2=O)c2ccccc21. The number of carbonyl (C=O) groups is 3. The number of thiocarbonyl (C=S) groups is 1. The normalized spacial score (nSPS) is 19.6. The Labute approximate surface area is 153 Å². The van der Waals surface area contributed by atoms with E-state index in [-0.39, 0.29) is 28.1 Å². The number of hydrogen-bond acceptors (Lipinski definition) is 5. The fourth-order valence-electron chi connectivity index (χ4n) is 2.76. The van der Waals surface area contributed by atoms with E-state index in [1.54, 1.807) is 23.1 Å². The molecule has 2 aliphatic heterocycles. The van der Waals surface area contributed by atoms with Gasteiger partial charge in [0.2, 0.25) is 0 Å². The van der Waals surface area contributed by atoms with Crippen molar-refractivity contribution < 1.29 is 19.5 Å². The molecule has 0 aliphatic carbocycles. The second-order valence-corrected chi connectivity index (χ2v) is 7.04. The fraction of sp³-hybridized carbons (Fsp3) is 0.176. The maximum absolute atomic E-state index is 12.9. The molecule has 0 saturated carbocycles. The molecular weight excluding hydrogens is 360 g/mol. The molecular formula is C17H14N2O4S2. The lowest BCUT2D eigenvalue weighted by Gasteiger charge is -2.14. The van der Waals surface area contributed by atoms with Crippen molar-refractivity contribution in [2.45, 2.75) is 6.42 Å². The molecule has 1 aromatic rings. The number of para-hydroxylation sites is 1. The Balaban J connectivity index is 2.04. The van der Waals surface area contributed by atoms with Crippen molar-refractivity contribution in [3.05, 3.63) is 47.4 Å². The summed E-state index contributed by atoms with van der Waals surface area (Å²) in [6.07, 6.45) is 1.41. The van der Waals surface area contributed by atoms with Crippen molar-refractivity contribution >= 4 is 57.3 Å². The highest BCUT2D eigenvalue weighted by Crippen LogP contribution is 2.44. The van der Waals surface area contributed by atoms with E-state index in [1.807, 2.05) is 12.1 Å². The third-order valence-electron chi connectivity index (χ3n) is 3.86. The lowest BCUT2D eigenvalue weighted by atomic mass is 10.1. The molecule has 2 heterocycles. The monoisotopic (exact) mass is 374 g/mol. The summed E-state index contributed by atoms with van der Waals surface area (Å²) in [5.74, 6) is -1.71. The van der Waals surface area contributed by atoms with E-state index in [4.69, 9.17) is 17.3 Å². The zero-order valence-corrected chi connectivity index (χ0v) is 14.7. The van der Waals surface area contributed by atoms with Gasteiger partial charge < -0.3 is 10.0 Å². The van der Waals surface area contributed by atoms with Crippen LogP contribution in [0.25, 0.3) is 5.57 Å². The van der Waals surface area contributed by atoms with Gasteiger partial charge in [-0.05, 0) is 6.07 Å². The summed E-state index contributed by atoms with van der Waals surface area (Å²) in [6.45, 7) is 3.99. The van der Waals surface area contributed by atoms with Crippen molar-refractivity contribution in [2.75, 3.05) is 18.0 Å². The Kier molecular flexibility index (Phi) is 4.73. The van der Waals surface area contributed by atoms with Gasteiger partial charge in [0.1, 0.15) is 4.32 Å². The third-order valence-corrected chi connectivity index (χ3v) is 5.31. The second-order valence-electron chi connectivity index (χ2n) is 5.39. The van der Waals surface area contributed by atoms with E-state index in [9.17, 15) is 14.4 Å². The number of fused-ring (bicyclic) bond motifs is 1. The van der Waals surface area contributed by atoms with Crippen LogP contribution in [0.4, 0.5) is 5.69 Å². The molecule has 1 fully saturated rings. The number of nitrogens with zero attached hydrogens (tertiary/aromatic N) is 2. The van der Waals surface area contributed by atoms with E-state index in [0.29, 0.717) is 17.7 Å². The summed E-state index contributed by atoms with van der Waals surface area (Å²) in [5.41, 5.74) is 1.71. The molecule has 6 nitrogen and oxygen atoms in total. The van der Waals surface area contributed by atoms with Gasteiger partial charge in [0.25, 0.3) is 11.8 Å². The molecule has 1 saturated heterocycles. The van der Waals surface area contributed by atoms with Gasteiger partial charge >= 0.3 is 5.97 Å². The van der Waals surface area contributed by atoms with Crippen LogP contribution in [0.5, 0.6) is 0 Å². The first-order valence-corrected chi connectivity index (χ1v) is 8.70. The van der Waals surface area contributed by atoms with E-state index < -0.39 is 11.9 Å². The summed E-state index contributed by atoms with van der Waals surface area (Å²) in [7, 11) is 0. The number of amides is 2. The number of carboxylic acids is 1. The van der Waals surface area contributed by atoms with Crippen LogP contribution in [0.15, 0.2) is 41.8 Å². The summed E-state index contributed by atoms with van der Waals surface area (Å²) >= 11 is 6.24. The van der Waals surface area contributed by atoms with Gasteiger partial charge in [-0.2, -0.15) is 0 Å². The summed E-state index contributed by atoms with van der Waals surface area (Å²) in [6, 6.07) is 7.22. The molecule has 3 rings (SSSR count). The average molecular weight is 374 g/mol. The van der Waals surface area contributed by atoms with Crippen molar-refractivity contribution in [3.63, 3.8) is 0 Å². The van der Waals surface area contributed by atoms with Gasteiger partial charge in [-0.25, -0.2) is 0 Å². The zero-order chi connectivity index (χ0) is 18.1. The first-order valence-electron chi connectivity index (χ1n) is 7.47. The van der Waals surface area contributed by atoms with E-state index in [0.717, 1.165) is 17.4 Å². The first-order chi connectivity index (χ1) is 12.0. The molecule has 0 unspecified atom stereocenters. The number of thioether (sulfide) groups is 1. The molecule has 128 valence electrons. The maximum Gasteiger partial charge on any atom is 0.305 e. The predicted octanol–water partition coefficient (Wildman–Crippen LogP) is 2.27. The van der Waals surface area contributed by atoms with Gasteiger partial charge in [-0.15, -0.1) is 6.58 Å². The van der Waals surface area contributed by atoms with Gasteiger partial charge in [-0.3, -0.25) is 19.3 Å². The Bertz CT molecular complexity index is 847. The average Bonchev–Trinajstić information content (AvgIpc) is 3.00. The number of rotatable bonds is 5. The highest BCUT2D eigenvalue weighted by atomic mass is 32.2. The number of anilines is 1. The quantitative estimate of drug-likeness (QED) is 0.484. The molecule has 1 N–H and O–H groups in total. The van der Waals surface area contributed by atoms with Crippen molar-refractivity contribution in [1.82, 2.24) is 4.90 Å². The van der Waals surface area contributed by atoms with Crippen molar-refractivity contribution in [3.8, 4) is 0 Å². The minimum atomic E-state index is -1.01. The smallest absolute Gasteiger partial charge is 0.305 e. The molecule has 2 amide bonds. The fourth-order valence-corrected chi connectivity index (χ4v) is 4.14. The summed E-state index contributed by atoms with van der Waals surface area (Å²) < 4.78 is 0.265. The lowest BCUT2D eigenvalue weighted by molar-refractivity contribution is -0.137. The third kappa shape index (κ3) is 2.98. The van der Waals surface area contributed by atoms with Crippen LogP contribution < -0.4 is 4.90 Å². The number of carboxylic acid groups (broad SMARTS) is 1. The summed E-state index contributed by atoms with van der Waals surface area (Å²) in [4.78, 5) is 39.4. The van der Waals surface area contributed by atoms with Gasteiger partial charge in [0.05, 0.1) is 22.6 Å². The van der Waals surface area contributed by atoms with Crippen LogP contribution in [0.3, 0.4) is 0 Å². The van der Waals surface area contributed by atoms with Crippen molar-refractivity contribution in [1.29, 1.82) is 0 Å². The molecule has 0 aromatic heterocycles. The Hall–Kier alpha value is -2.45. The van der Waals surface area contributed by atoms with Crippen molar-refractivity contribution in [2.24, 2.45) is 0 Å². The van der Waals surface area contributed by atoms with Gasteiger partial charge in [0, 0.05) is 18.7 Å². The molecule has 1 aromatic carbocycles. The number of benzene rings is 1. The molecule has 2 aliphatic rings. The maximum atomic E-state index is 12.9. The Morgan fingerprint density at radius 2 is 1.96 bits per heavy atom. The molecule has 25 heavy (non-hydrogen) atoms. The minimum absolute atomic E-state index is 0.0109. The molecule has 8 heteroatoms. The minimum Gasteiger partial charge on any atom is -0.481 e. The Morgan fingerprint density at radius 3 is 2.64 bits per heavy atom. The van der Waals surface area contributed by atoms with Gasteiger partial charge in [-0.1, -0.05) is 48.3 Å². The molecule has 0 spiro atoms.